The minimum Gasteiger partial charge on any atom is -0.504 e. The molecule has 0 aliphatic heterocycles. The number of aliphatic hydroxyl groups excluding tert-OH is 1. The van der Waals surface area contributed by atoms with Crippen molar-refractivity contribution in [2.45, 2.75) is 60.8 Å². The summed E-state index contributed by atoms with van der Waals surface area (Å²) >= 11 is 0. The number of Topliss-reactive ketones (excluding diaryl/α,β-unsaturated/α-hetero) is 1. The average molecular weight is 397 g/mol. The van der Waals surface area contributed by atoms with Crippen molar-refractivity contribution in [1.29, 1.82) is 0 Å². The lowest BCUT2D eigenvalue weighted by atomic mass is 9.54. The zero-order chi connectivity index (χ0) is 21.6. The lowest BCUT2D eigenvalue weighted by Crippen LogP contribution is -2.43. The van der Waals surface area contributed by atoms with Gasteiger partial charge in [0.25, 0.3) is 0 Å². The van der Waals surface area contributed by atoms with Crippen LogP contribution in [0.5, 0.6) is 0 Å². The van der Waals surface area contributed by atoms with Gasteiger partial charge in [0, 0.05) is 28.1 Å². The predicted octanol–water partition coefficient (Wildman–Crippen LogP) is 5.54. The number of rotatable bonds is 4. The Morgan fingerprint density at radius 1 is 1.24 bits per heavy atom. The molecule has 0 aromatic carbocycles. The van der Waals surface area contributed by atoms with Crippen LogP contribution in [0.1, 0.15) is 60.8 Å². The first-order chi connectivity index (χ1) is 13.5. The fourth-order valence-corrected chi connectivity index (χ4v) is 5.08. The Bertz CT molecular complexity index is 905. The molecule has 0 radical (unpaired) electrons. The Labute approximate surface area is 173 Å². The van der Waals surface area contributed by atoms with Crippen LogP contribution in [0.3, 0.4) is 0 Å². The van der Waals surface area contributed by atoms with E-state index in [0.717, 1.165) is 41.6 Å². The molecule has 0 unspecified atom stereocenters. The number of carbonyl (C=O) groups excluding carboxylic acids is 2. The number of fused-ring (bicyclic) bond motifs is 3. The molecule has 3 rings (SSSR count). The largest absolute Gasteiger partial charge is 0.504 e. The zero-order valence-electron chi connectivity index (χ0n) is 18.4. The van der Waals surface area contributed by atoms with Crippen LogP contribution in [0.4, 0.5) is 0 Å². The second-order valence-electron chi connectivity index (χ2n) is 9.59. The molecule has 3 aliphatic rings. The second kappa shape index (κ2) is 7.47. The summed E-state index contributed by atoms with van der Waals surface area (Å²) in [7, 11) is 0. The summed E-state index contributed by atoms with van der Waals surface area (Å²) in [5.74, 6) is -0.667. The molecule has 0 aromatic rings. The van der Waals surface area contributed by atoms with Gasteiger partial charge < -0.3 is 9.84 Å². The summed E-state index contributed by atoms with van der Waals surface area (Å²) in [4.78, 5) is 24.9. The maximum absolute atomic E-state index is 12.8. The third-order valence-electron chi connectivity index (χ3n) is 6.51. The van der Waals surface area contributed by atoms with Crippen molar-refractivity contribution < 1.29 is 19.4 Å². The van der Waals surface area contributed by atoms with Gasteiger partial charge in [0.05, 0.1) is 0 Å². The first-order valence-corrected chi connectivity index (χ1v) is 10.4. The van der Waals surface area contributed by atoms with E-state index in [4.69, 9.17) is 4.74 Å². The first kappa shape index (κ1) is 21.4. The van der Waals surface area contributed by atoms with Crippen LogP contribution in [0.15, 0.2) is 57.9 Å². The van der Waals surface area contributed by atoms with Gasteiger partial charge in [0.15, 0.2) is 5.76 Å². The molecule has 0 saturated heterocycles. The number of aliphatic hydroxyl groups is 1. The van der Waals surface area contributed by atoms with Gasteiger partial charge in [-0.25, -0.2) is 4.79 Å². The molecule has 1 fully saturated rings. The Morgan fingerprint density at radius 3 is 2.55 bits per heavy atom. The Morgan fingerprint density at radius 2 is 1.93 bits per heavy atom. The van der Waals surface area contributed by atoms with Crippen LogP contribution in [-0.2, 0) is 14.3 Å². The fourth-order valence-electron chi connectivity index (χ4n) is 5.08. The Hall–Kier alpha value is -2.36. The minimum atomic E-state index is -0.446. The van der Waals surface area contributed by atoms with Gasteiger partial charge in [-0.2, -0.15) is 0 Å². The third kappa shape index (κ3) is 3.65. The number of hydrogen-bond donors (Lipinski definition) is 1. The molecule has 0 spiro atoms. The summed E-state index contributed by atoms with van der Waals surface area (Å²) in [5.41, 5.74) is 3.54. The number of allylic oxidation sites excluding steroid dienone is 7. The van der Waals surface area contributed by atoms with Gasteiger partial charge in [-0.3, -0.25) is 4.79 Å². The van der Waals surface area contributed by atoms with Gasteiger partial charge >= 0.3 is 5.97 Å². The number of ether oxygens (including phenoxy) is 1. The molecule has 1 N–H and O–H groups in total. The number of hydrogen-bond acceptors (Lipinski definition) is 4. The van der Waals surface area contributed by atoms with Crippen molar-refractivity contribution in [2.75, 3.05) is 6.61 Å². The Balaban J connectivity index is 2.02. The highest BCUT2D eigenvalue weighted by Crippen LogP contribution is 2.59. The van der Waals surface area contributed by atoms with E-state index >= 15 is 0 Å². The lowest BCUT2D eigenvalue weighted by molar-refractivity contribution is -0.141. The minimum absolute atomic E-state index is 0.0522. The molecule has 0 bridgehead atoms. The summed E-state index contributed by atoms with van der Waals surface area (Å²) < 4.78 is 5.59. The predicted molar refractivity (Wildman–Crippen MR) is 114 cm³/mol. The summed E-state index contributed by atoms with van der Waals surface area (Å²) in [6.45, 7) is 12.2. The maximum Gasteiger partial charge on any atom is 0.330 e. The van der Waals surface area contributed by atoms with Crippen molar-refractivity contribution >= 4 is 11.8 Å². The summed E-state index contributed by atoms with van der Waals surface area (Å²) in [6.07, 6.45) is 10.2. The first-order valence-electron chi connectivity index (χ1n) is 10.4. The molecule has 29 heavy (non-hydrogen) atoms. The van der Waals surface area contributed by atoms with Gasteiger partial charge in [-0.05, 0) is 44.3 Å². The van der Waals surface area contributed by atoms with Crippen LogP contribution in [0.2, 0.25) is 0 Å². The van der Waals surface area contributed by atoms with Gasteiger partial charge in [-0.1, -0.05) is 57.4 Å². The van der Waals surface area contributed by atoms with E-state index in [9.17, 15) is 14.7 Å². The normalized spacial score (nSPS) is 28.8. The van der Waals surface area contributed by atoms with Crippen molar-refractivity contribution in [3.8, 4) is 0 Å². The number of ketones is 1. The monoisotopic (exact) mass is 396 g/mol. The fraction of sp³-hybridized carbons (Fsp3) is 0.520. The SMILES string of the molecule is CC(C)=CC(=O)OC[C@@]1(C)CCC[C@@]2(C)C1=CC=C1C=C(C(C)C)C(=O)C(O)=C12. The van der Waals surface area contributed by atoms with E-state index < -0.39 is 5.41 Å². The summed E-state index contributed by atoms with van der Waals surface area (Å²) in [6, 6.07) is 0. The molecule has 4 heteroatoms. The van der Waals surface area contributed by atoms with E-state index in [1.807, 2.05) is 39.8 Å². The molecule has 2 atom stereocenters. The molecule has 1 saturated carbocycles. The third-order valence-corrected chi connectivity index (χ3v) is 6.51. The molecular formula is C25H32O4. The molecule has 0 heterocycles. The van der Waals surface area contributed by atoms with E-state index in [-0.39, 0.29) is 35.5 Å². The molecule has 0 aromatic heterocycles. The highest BCUT2D eigenvalue weighted by atomic mass is 16.5. The standard InChI is InChI=1S/C25H32O4/c1-15(2)12-20(26)29-14-24(5)10-7-11-25(6)19(24)9-8-17-13-18(16(3)4)22(27)23(28)21(17)25/h8-9,12-13,16,28H,7,10-11,14H2,1-6H3/t24-,25+/m1/s1. The van der Waals surface area contributed by atoms with Crippen molar-refractivity contribution in [1.82, 2.24) is 0 Å². The van der Waals surface area contributed by atoms with E-state index in [1.165, 1.54) is 6.08 Å². The smallest absolute Gasteiger partial charge is 0.330 e. The van der Waals surface area contributed by atoms with Gasteiger partial charge in [0.2, 0.25) is 5.78 Å². The molecule has 0 amide bonds. The molecule has 3 aliphatic carbocycles. The number of carbonyl (C=O) groups is 2. The topological polar surface area (TPSA) is 63.6 Å². The van der Waals surface area contributed by atoms with Crippen molar-refractivity contribution in [2.24, 2.45) is 16.7 Å². The van der Waals surface area contributed by atoms with Crippen molar-refractivity contribution in [3.63, 3.8) is 0 Å². The second-order valence-corrected chi connectivity index (χ2v) is 9.59. The Kier molecular flexibility index (Phi) is 5.50. The van der Waals surface area contributed by atoms with Gasteiger partial charge in [-0.15, -0.1) is 0 Å². The van der Waals surface area contributed by atoms with Crippen LogP contribution in [0.25, 0.3) is 0 Å². The number of esters is 1. The van der Waals surface area contributed by atoms with E-state index in [2.05, 4.69) is 19.9 Å². The summed E-state index contributed by atoms with van der Waals surface area (Å²) in [5, 5.41) is 10.9. The van der Waals surface area contributed by atoms with Crippen LogP contribution in [-0.4, -0.2) is 23.5 Å². The molecule has 156 valence electrons. The highest BCUT2D eigenvalue weighted by Gasteiger charge is 2.50. The quantitative estimate of drug-likeness (QED) is 0.501. The molecular weight excluding hydrogens is 364 g/mol. The van der Waals surface area contributed by atoms with Crippen molar-refractivity contribution in [3.05, 3.63) is 57.9 Å². The zero-order valence-corrected chi connectivity index (χ0v) is 18.4. The van der Waals surface area contributed by atoms with Crippen LogP contribution in [0, 0.1) is 16.7 Å². The van der Waals surface area contributed by atoms with Crippen LogP contribution >= 0.6 is 0 Å². The van der Waals surface area contributed by atoms with Crippen LogP contribution < -0.4 is 0 Å². The van der Waals surface area contributed by atoms with Gasteiger partial charge in [0.1, 0.15) is 6.61 Å². The highest BCUT2D eigenvalue weighted by molar-refractivity contribution is 6.10. The average Bonchev–Trinajstić information content (AvgIpc) is 2.61. The van der Waals surface area contributed by atoms with E-state index in [1.54, 1.807) is 0 Å². The lowest BCUT2D eigenvalue weighted by Gasteiger charge is -2.50. The van der Waals surface area contributed by atoms with E-state index in [0.29, 0.717) is 5.57 Å². The maximum atomic E-state index is 12.8. The molecule has 4 nitrogen and oxygen atoms in total.